The minimum atomic E-state index is -0.0580. The molecule has 0 atom stereocenters. The Morgan fingerprint density at radius 3 is 2.72 bits per heavy atom. The number of anilines is 1. The second-order valence-electron chi connectivity index (χ2n) is 6.15. The fraction of sp³-hybridized carbons (Fsp3) is 0.421. The third-order valence-corrected chi connectivity index (χ3v) is 5.69. The number of ether oxygens (including phenoxy) is 2. The lowest BCUT2D eigenvalue weighted by Gasteiger charge is -2.13. The van der Waals surface area contributed by atoms with E-state index in [0.29, 0.717) is 28.6 Å². The van der Waals surface area contributed by atoms with Crippen LogP contribution >= 0.6 is 11.3 Å². The van der Waals surface area contributed by atoms with Crippen molar-refractivity contribution in [3.8, 4) is 11.5 Å². The van der Waals surface area contributed by atoms with Gasteiger partial charge in [-0.05, 0) is 55.4 Å². The lowest BCUT2D eigenvalue weighted by Crippen LogP contribution is -2.27. The minimum absolute atomic E-state index is 0.0580. The van der Waals surface area contributed by atoms with Gasteiger partial charge >= 0.3 is 0 Å². The van der Waals surface area contributed by atoms with Gasteiger partial charge in [-0.1, -0.05) is 6.07 Å². The zero-order valence-electron chi connectivity index (χ0n) is 14.7. The molecular weight excluding hydrogens is 336 g/mol. The molecule has 2 aromatic rings. The van der Waals surface area contributed by atoms with E-state index in [9.17, 15) is 4.79 Å². The number of nitrogen functional groups attached to an aromatic ring is 1. The van der Waals surface area contributed by atoms with Crippen LogP contribution in [-0.4, -0.2) is 26.7 Å². The maximum absolute atomic E-state index is 12.6. The highest BCUT2D eigenvalue weighted by Crippen LogP contribution is 2.36. The highest BCUT2D eigenvalue weighted by Gasteiger charge is 2.23. The van der Waals surface area contributed by atoms with Gasteiger partial charge in [-0.3, -0.25) is 4.79 Å². The Bertz CT molecular complexity index is 770. The van der Waals surface area contributed by atoms with Crippen LogP contribution in [0.3, 0.4) is 0 Å². The van der Waals surface area contributed by atoms with Gasteiger partial charge in [0.25, 0.3) is 5.91 Å². The zero-order valence-corrected chi connectivity index (χ0v) is 15.5. The Morgan fingerprint density at radius 1 is 1.20 bits per heavy atom. The van der Waals surface area contributed by atoms with Crippen molar-refractivity contribution >= 4 is 22.2 Å². The molecule has 1 aliphatic rings. The number of nitrogens with two attached hydrogens (primary N) is 1. The molecule has 3 rings (SSSR count). The monoisotopic (exact) mass is 360 g/mol. The number of nitrogens with one attached hydrogen (secondary N) is 1. The number of hydrogen-bond acceptors (Lipinski definition) is 5. The number of hydrogen-bond donors (Lipinski definition) is 2. The molecule has 0 bridgehead atoms. The number of carbonyl (C=O) groups is 1. The van der Waals surface area contributed by atoms with Crippen molar-refractivity contribution < 1.29 is 14.3 Å². The fourth-order valence-corrected chi connectivity index (χ4v) is 4.44. The van der Waals surface area contributed by atoms with E-state index in [1.54, 1.807) is 25.6 Å². The minimum Gasteiger partial charge on any atom is -0.493 e. The zero-order chi connectivity index (χ0) is 17.8. The number of fused-ring (bicyclic) bond motifs is 1. The molecule has 0 unspecified atom stereocenters. The first-order valence-corrected chi connectivity index (χ1v) is 9.34. The van der Waals surface area contributed by atoms with E-state index in [1.807, 2.05) is 18.2 Å². The number of aryl methyl sites for hydroxylation is 1. The van der Waals surface area contributed by atoms with Crippen molar-refractivity contribution in [3.63, 3.8) is 0 Å². The summed E-state index contributed by atoms with van der Waals surface area (Å²) < 4.78 is 10.6. The Labute approximate surface area is 152 Å². The van der Waals surface area contributed by atoms with E-state index in [1.165, 1.54) is 11.3 Å². The predicted octanol–water partition coefficient (Wildman–Crippen LogP) is 3.20. The molecule has 0 spiro atoms. The van der Waals surface area contributed by atoms with Crippen LogP contribution in [0, 0.1) is 0 Å². The van der Waals surface area contributed by atoms with Crippen LogP contribution in [0.15, 0.2) is 18.2 Å². The van der Waals surface area contributed by atoms with Crippen molar-refractivity contribution in [2.45, 2.75) is 32.1 Å². The maximum atomic E-state index is 12.6. The fourth-order valence-electron chi connectivity index (χ4n) is 3.28. The number of methoxy groups -OCH3 is 2. The van der Waals surface area contributed by atoms with Gasteiger partial charge in [0, 0.05) is 11.4 Å². The van der Waals surface area contributed by atoms with Crippen LogP contribution in [0.25, 0.3) is 0 Å². The molecule has 3 N–H and O–H groups in total. The van der Waals surface area contributed by atoms with E-state index in [-0.39, 0.29) is 5.91 Å². The number of rotatable bonds is 6. The van der Waals surface area contributed by atoms with Crippen molar-refractivity contribution in [2.75, 3.05) is 26.5 Å². The Kier molecular flexibility index (Phi) is 5.48. The number of carbonyl (C=O) groups excluding carboxylic acids is 1. The van der Waals surface area contributed by atoms with Crippen LogP contribution in [0.5, 0.6) is 11.5 Å². The molecule has 1 aromatic heterocycles. The summed E-state index contributed by atoms with van der Waals surface area (Å²) in [5, 5.41) is 3.65. The average molecular weight is 360 g/mol. The Balaban J connectivity index is 1.63. The maximum Gasteiger partial charge on any atom is 0.254 e. The Morgan fingerprint density at radius 2 is 1.96 bits per heavy atom. The van der Waals surface area contributed by atoms with Crippen LogP contribution in [0.1, 0.15) is 39.2 Å². The van der Waals surface area contributed by atoms with Gasteiger partial charge in [0.05, 0.1) is 24.8 Å². The molecule has 0 fully saturated rings. The largest absolute Gasteiger partial charge is 0.493 e. The smallest absolute Gasteiger partial charge is 0.254 e. The van der Waals surface area contributed by atoms with E-state index in [2.05, 4.69) is 5.32 Å². The van der Waals surface area contributed by atoms with Crippen molar-refractivity contribution in [3.05, 3.63) is 39.8 Å². The summed E-state index contributed by atoms with van der Waals surface area (Å²) in [6.45, 7) is 0.554. The molecule has 6 heteroatoms. The second kappa shape index (κ2) is 7.78. The standard InChI is InChI=1S/C19H24N2O3S/c1-23-14-8-7-12(11-15(14)24-2)9-10-21-19(22)17-13-5-3-4-6-16(13)25-18(17)20/h7-8,11H,3-6,9-10,20H2,1-2H3,(H,21,22). The summed E-state index contributed by atoms with van der Waals surface area (Å²) in [5.41, 5.74) is 9.05. The van der Waals surface area contributed by atoms with Gasteiger partial charge in [-0.25, -0.2) is 0 Å². The van der Waals surface area contributed by atoms with Crippen LogP contribution < -0.4 is 20.5 Å². The molecule has 0 saturated carbocycles. The molecular formula is C19H24N2O3S. The van der Waals surface area contributed by atoms with Gasteiger partial charge in [0.1, 0.15) is 0 Å². The van der Waals surface area contributed by atoms with E-state index in [4.69, 9.17) is 15.2 Å². The van der Waals surface area contributed by atoms with Crippen molar-refractivity contribution in [1.82, 2.24) is 5.32 Å². The third-order valence-electron chi connectivity index (χ3n) is 4.57. The first kappa shape index (κ1) is 17.6. The van der Waals surface area contributed by atoms with Crippen molar-refractivity contribution in [1.29, 1.82) is 0 Å². The van der Waals surface area contributed by atoms with E-state index >= 15 is 0 Å². The average Bonchev–Trinajstić information content (AvgIpc) is 2.97. The quantitative estimate of drug-likeness (QED) is 0.830. The van der Waals surface area contributed by atoms with Gasteiger partial charge in [0.2, 0.25) is 0 Å². The summed E-state index contributed by atoms with van der Waals surface area (Å²) >= 11 is 1.57. The Hall–Kier alpha value is -2.21. The summed E-state index contributed by atoms with van der Waals surface area (Å²) in [7, 11) is 3.23. The molecule has 134 valence electrons. The predicted molar refractivity (Wildman–Crippen MR) is 101 cm³/mol. The summed E-state index contributed by atoms with van der Waals surface area (Å²) in [5.74, 6) is 1.34. The van der Waals surface area contributed by atoms with Gasteiger partial charge in [0.15, 0.2) is 11.5 Å². The molecule has 0 aliphatic heterocycles. The normalized spacial score (nSPS) is 13.2. The topological polar surface area (TPSA) is 73.6 Å². The summed E-state index contributed by atoms with van der Waals surface area (Å²) in [6, 6.07) is 5.80. The highest BCUT2D eigenvalue weighted by molar-refractivity contribution is 7.16. The molecule has 1 amide bonds. The highest BCUT2D eigenvalue weighted by atomic mass is 32.1. The van der Waals surface area contributed by atoms with Crippen molar-refractivity contribution in [2.24, 2.45) is 0 Å². The number of thiophene rings is 1. The van der Waals surface area contributed by atoms with Crippen LogP contribution in [0.2, 0.25) is 0 Å². The SMILES string of the molecule is COc1ccc(CCNC(=O)c2c(N)sc3c2CCCC3)cc1OC. The van der Waals surface area contributed by atoms with Gasteiger partial charge < -0.3 is 20.5 Å². The first-order chi connectivity index (χ1) is 12.1. The molecule has 25 heavy (non-hydrogen) atoms. The van der Waals surface area contributed by atoms with E-state index in [0.717, 1.165) is 36.8 Å². The van der Waals surface area contributed by atoms with Crippen LogP contribution in [0.4, 0.5) is 5.00 Å². The number of benzene rings is 1. The molecule has 1 aliphatic carbocycles. The van der Waals surface area contributed by atoms with E-state index < -0.39 is 0 Å². The molecule has 1 heterocycles. The lowest BCUT2D eigenvalue weighted by molar-refractivity contribution is 0.0954. The van der Waals surface area contributed by atoms with Crippen LogP contribution in [-0.2, 0) is 19.3 Å². The molecule has 5 nitrogen and oxygen atoms in total. The summed E-state index contributed by atoms with van der Waals surface area (Å²) in [4.78, 5) is 13.9. The van der Waals surface area contributed by atoms with Gasteiger partial charge in [-0.15, -0.1) is 11.3 Å². The molecule has 1 aromatic carbocycles. The second-order valence-corrected chi connectivity index (χ2v) is 7.28. The number of amides is 1. The lowest BCUT2D eigenvalue weighted by atomic mass is 9.95. The third kappa shape index (κ3) is 3.74. The van der Waals surface area contributed by atoms with Gasteiger partial charge in [-0.2, -0.15) is 0 Å². The summed E-state index contributed by atoms with van der Waals surface area (Å²) in [6.07, 6.45) is 5.05. The first-order valence-electron chi connectivity index (χ1n) is 8.53. The molecule has 0 saturated heterocycles. The molecule has 0 radical (unpaired) electrons.